The predicted octanol–water partition coefficient (Wildman–Crippen LogP) is 2.94. The summed E-state index contributed by atoms with van der Waals surface area (Å²) >= 11 is 0. The number of nitrogens with zero attached hydrogens (tertiary/aromatic N) is 1. The molecule has 3 rings (SSSR count). The molecule has 0 bridgehead atoms. The van der Waals surface area contributed by atoms with Gasteiger partial charge in [-0.05, 0) is 29.8 Å². The van der Waals surface area contributed by atoms with E-state index in [9.17, 15) is 17.6 Å². The van der Waals surface area contributed by atoms with Gasteiger partial charge < -0.3 is 5.11 Å². The van der Waals surface area contributed by atoms with Crippen molar-refractivity contribution < 1.29 is 22.7 Å². The Morgan fingerprint density at radius 2 is 1.83 bits per heavy atom. The Morgan fingerprint density at radius 3 is 2.41 bits per heavy atom. The van der Waals surface area contributed by atoms with Gasteiger partial charge in [0.2, 0.25) is 10.0 Å². The van der Waals surface area contributed by atoms with Crippen molar-refractivity contribution in [2.45, 2.75) is 25.6 Å². The van der Waals surface area contributed by atoms with Crippen LogP contribution in [0.1, 0.15) is 28.8 Å². The van der Waals surface area contributed by atoms with Gasteiger partial charge in [-0.3, -0.25) is 4.48 Å². The van der Waals surface area contributed by atoms with Gasteiger partial charge in [0, 0.05) is 19.4 Å². The maximum atomic E-state index is 14.0. The highest BCUT2D eigenvalue weighted by Crippen LogP contribution is 2.31. The summed E-state index contributed by atoms with van der Waals surface area (Å²) in [7, 11) is -3.49. The van der Waals surface area contributed by atoms with Crippen molar-refractivity contribution >= 4 is 21.7 Å². The molecule has 0 spiro atoms. The molecule has 0 aliphatic carbocycles. The number of benzene rings is 2. The van der Waals surface area contributed by atoms with Crippen LogP contribution in [-0.4, -0.2) is 51.1 Å². The highest BCUT2D eigenvalue weighted by atomic mass is 32.2. The smallest absolute Gasteiger partial charge is 0.335 e. The first kappa shape index (κ1) is 21.4. The summed E-state index contributed by atoms with van der Waals surface area (Å²) in [6.45, 7) is 1.73. The number of halogens is 1. The van der Waals surface area contributed by atoms with Crippen LogP contribution in [0.5, 0.6) is 0 Å². The van der Waals surface area contributed by atoms with Crippen LogP contribution in [0.15, 0.2) is 54.6 Å². The largest absolute Gasteiger partial charge is 0.478 e. The zero-order chi connectivity index (χ0) is 20.9. The van der Waals surface area contributed by atoms with E-state index in [4.69, 9.17) is 5.11 Å². The normalized spacial score (nSPS) is 21.9. The van der Waals surface area contributed by atoms with E-state index in [-0.39, 0.29) is 17.9 Å². The quantitative estimate of drug-likeness (QED) is 0.610. The van der Waals surface area contributed by atoms with Gasteiger partial charge in [-0.15, -0.1) is 0 Å². The van der Waals surface area contributed by atoms with E-state index in [1.165, 1.54) is 12.1 Å². The van der Waals surface area contributed by atoms with Crippen LogP contribution in [0.25, 0.3) is 0 Å². The number of para-hydroxylation sites is 1. The molecule has 0 amide bonds. The monoisotopic (exact) mass is 421 g/mol. The second-order valence-electron chi connectivity index (χ2n) is 7.49. The van der Waals surface area contributed by atoms with Crippen LogP contribution in [0.2, 0.25) is 0 Å². The number of hydrogen-bond acceptors (Lipinski definition) is 3. The number of aromatic carboxylic acids is 1. The predicted molar refractivity (Wildman–Crippen MR) is 111 cm³/mol. The lowest BCUT2D eigenvalue weighted by Gasteiger charge is -2.33. The molecule has 156 valence electrons. The lowest BCUT2D eigenvalue weighted by Crippen LogP contribution is -2.48. The Hall–Kier alpha value is -2.29. The van der Waals surface area contributed by atoms with Crippen molar-refractivity contribution in [2.75, 3.05) is 25.4 Å². The Bertz CT molecular complexity index is 935. The Morgan fingerprint density at radius 1 is 1.14 bits per heavy atom. The van der Waals surface area contributed by atoms with Gasteiger partial charge in [0.1, 0.15) is 12.2 Å². The molecule has 8 heteroatoms. The number of likely N-dealkylation sites (tertiary alicyclic amines) is 1. The van der Waals surface area contributed by atoms with Crippen molar-refractivity contribution in [3.63, 3.8) is 0 Å². The summed E-state index contributed by atoms with van der Waals surface area (Å²) in [5, 5.41) is 8.91. The summed E-state index contributed by atoms with van der Waals surface area (Å²) in [4.78, 5) is 10.9. The summed E-state index contributed by atoms with van der Waals surface area (Å²) < 4.78 is 41.7. The fraction of sp³-hybridized carbons (Fsp3) is 0.381. The van der Waals surface area contributed by atoms with Gasteiger partial charge in [-0.1, -0.05) is 30.3 Å². The number of nitrogens with one attached hydrogen (secondary N) is 1. The Labute approximate surface area is 170 Å². The van der Waals surface area contributed by atoms with Crippen molar-refractivity contribution in [3.05, 3.63) is 65.7 Å². The summed E-state index contributed by atoms with van der Waals surface area (Å²) in [6.07, 6.45) is 0.0555. The van der Waals surface area contributed by atoms with Crippen molar-refractivity contribution in [3.8, 4) is 0 Å². The summed E-state index contributed by atoms with van der Waals surface area (Å²) in [5.41, 5.74) is 1.87. The molecule has 0 radical (unpaired) electrons. The number of carbonyl (C=O) groups is 1. The first-order chi connectivity index (χ1) is 13.8. The van der Waals surface area contributed by atoms with Crippen LogP contribution in [0, 0.1) is 0 Å². The third kappa shape index (κ3) is 5.62. The molecule has 1 heterocycles. The van der Waals surface area contributed by atoms with Crippen molar-refractivity contribution in [1.82, 2.24) is 9.21 Å². The molecule has 29 heavy (non-hydrogen) atoms. The number of carboxylic acid groups (broad SMARTS) is 1. The first-order valence-corrected chi connectivity index (χ1v) is 11.3. The zero-order valence-electron chi connectivity index (χ0n) is 16.1. The van der Waals surface area contributed by atoms with Crippen molar-refractivity contribution in [2.24, 2.45) is 0 Å². The highest BCUT2D eigenvalue weighted by molar-refractivity contribution is 7.89. The second-order valence-corrected chi connectivity index (χ2v) is 9.42. The summed E-state index contributed by atoms with van der Waals surface area (Å²) in [6, 6.07) is 15.8. The number of hydrogen-bond donors (Lipinski definition) is 2. The van der Waals surface area contributed by atoms with Crippen LogP contribution in [0.3, 0.4) is 0 Å². The van der Waals surface area contributed by atoms with Gasteiger partial charge in [0.05, 0.1) is 24.4 Å². The van der Waals surface area contributed by atoms with Gasteiger partial charge in [0.15, 0.2) is 6.17 Å². The maximum Gasteiger partial charge on any atom is 0.335 e. The van der Waals surface area contributed by atoms with Gasteiger partial charge >= 0.3 is 5.97 Å². The molecule has 2 atom stereocenters. The molecule has 1 aliphatic rings. The molecule has 0 aromatic heterocycles. The second kappa shape index (κ2) is 9.02. The lowest BCUT2D eigenvalue weighted by atomic mass is 10.1. The first-order valence-electron chi connectivity index (χ1n) is 9.65. The molecule has 1 unspecified atom stereocenters. The molecular weight excluding hydrogens is 395 g/mol. The lowest BCUT2D eigenvalue weighted by molar-refractivity contribution is 0.0697. The number of carboxylic acids is 1. The fourth-order valence-electron chi connectivity index (χ4n) is 3.85. The molecule has 2 aromatic rings. The average Bonchev–Trinajstić information content (AvgIpc) is 3.09. The van der Waals surface area contributed by atoms with E-state index in [1.54, 1.807) is 12.1 Å². The minimum atomic E-state index is -3.49. The van der Waals surface area contributed by atoms with Crippen molar-refractivity contribution in [1.29, 1.82) is 0 Å². The Balaban J connectivity index is 1.56. The van der Waals surface area contributed by atoms with Gasteiger partial charge in [-0.25, -0.2) is 22.3 Å². The van der Waals surface area contributed by atoms with E-state index >= 15 is 0 Å². The van der Waals surface area contributed by atoms with Crippen LogP contribution >= 0.6 is 0 Å². The van der Waals surface area contributed by atoms with E-state index in [1.807, 2.05) is 30.3 Å². The third-order valence-corrected chi connectivity index (χ3v) is 6.83. The Kier molecular flexibility index (Phi) is 6.66. The molecule has 0 saturated carbocycles. The molecule has 1 aliphatic heterocycles. The van der Waals surface area contributed by atoms with E-state index in [0.717, 1.165) is 5.69 Å². The SMILES string of the molecule is O=C(O)c1ccc(CNS(=O)(=O)CCC[N@@+]2(c3ccccc3)CCC(F)C2)cc1. The molecule has 1 fully saturated rings. The molecular formula is C21H26FN2O4S+. The van der Waals surface area contributed by atoms with Crippen LogP contribution in [0.4, 0.5) is 10.1 Å². The molecule has 1 saturated heterocycles. The number of quaternary nitrogens is 1. The maximum absolute atomic E-state index is 14.0. The molecule has 6 nitrogen and oxygen atoms in total. The van der Waals surface area contributed by atoms with Crippen LogP contribution in [-0.2, 0) is 16.6 Å². The van der Waals surface area contributed by atoms with Gasteiger partial charge in [0.25, 0.3) is 0 Å². The zero-order valence-corrected chi connectivity index (χ0v) is 16.9. The highest BCUT2D eigenvalue weighted by Gasteiger charge is 2.40. The third-order valence-electron chi connectivity index (χ3n) is 5.42. The minimum absolute atomic E-state index is 0.0377. The number of sulfonamides is 1. The fourth-order valence-corrected chi connectivity index (χ4v) is 4.89. The van der Waals surface area contributed by atoms with E-state index < -0.39 is 22.2 Å². The van der Waals surface area contributed by atoms with Crippen LogP contribution < -0.4 is 9.21 Å². The topological polar surface area (TPSA) is 83.5 Å². The van der Waals surface area contributed by atoms with E-state index in [2.05, 4.69) is 4.72 Å². The van der Waals surface area contributed by atoms with Gasteiger partial charge in [-0.2, -0.15) is 0 Å². The minimum Gasteiger partial charge on any atom is -0.478 e. The average molecular weight is 422 g/mol. The number of rotatable bonds is 9. The molecule has 2 aromatic carbocycles. The van der Waals surface area contributed by atoms with E-state index in [0.29, 0.717) is 42.5 Å². The standard InChI is InChI=1S/C21H25FN2O4S/c22-19-11-13-24(16-19,20-5-2-1-3-6-20)12-4-14-29(27,28)23-15-17-7-9-18(10-8-17)21(25)26/h1-3,5-10,19,23H,4,11-16H2/p+1/t19?,24-/m1/s1. The number of alkyl halides is 1. The summed E-state index contributed by atoms with van der Waals surface area (Å²) in [5.74, 6) is -1.06. The molecule has 2 N–H and O–H groups in total.